The summed E-state index contributed by atoms with van der Waals surface area (Å²) in [5, 5.41) is 10.7. The maximum Gasteiger partial charge on any atom is 0.260 e. The average molecular weight is 304 g/mol. The van der Waals surface area contributed by atoms with Crippen molar-refractivity contribution >= 4 is 29.1 Å². The minimum atomic E-state index is -0.802. The highest BCUT2D eigenvalue weighted by Crippen LogP contribution is 2.28. The van der Waals surface area contributed by atoms with E-state index in [1.54, 1.807) is 30.0 Å². The van der Waals surface area contributed by atoms with E-state index in [2.05, 4.69) is 0 Å². The molecule has 1 unspecified atom stereocenters. The molecule has 0 bridgehead atoms. The fraction of sp³-hybridized carbons (Fsp3) is 0.462. The van der Waals surface area contributed by atoms with Crippen molar-refractivity contribution in [2.45, 2.75) is 18.9 Å². The number of carbonyl (C=O) groups is 1. The number of β-amino-alcohol motifs (C(OH)–C–C–N with tert-alkyl or cyclic N) is 1. The van der Waals surface area contributed by atoms with Gasteiger partial charge in [-0.25, -0.2) is 0 Å². The van der Waals surface area contributed by atoms with Gasteiger partial charge in [-0.05, 0) is 25.5 Å². The molecule has 4 nitrogen and oxygen atoms in total. The lowest BCUT2D eigenvalue weighted by Crippen LogP contribution is -2.36. The number of likely N-dealkylation sites (tertiary alicyclic amines) is 1. The molecule has 0 aliphatic carbocycles. The molecule has 0 spiro atoms. The van der Waals surface area contributed by atoms with Crippen molar-refractivity contribution in [3.63, 3.8) is 0 Å². The molecule has 6 heteroatoms. The zero-order chi connectivity index (χ0) is 14.0. The summed E-state index contributed by atoms with van der Waals surface area (Å²) >= 11 is 11.8. The molecule has 1 fully saturated rings. The largest absolute Gasteiger partial charge is 0.482 e. The second kappa shape index (κ2) is 5.57. The molecular formula is C13H15Cl2NO3. The van der Waals surface area contributed by atoms with E-state index in [0.717, 1.165) is 0 Å². The Morgan fingerprint density at radius 3 is 2.89 bits per heavy atom. The highest BCUT2D eigenvalue weighted by molar-refractivity contribution is 6.34. The molecule has 1 aliphatic heterocycles. The van der Waals surface area contributed by atoms with Gasteiger partial charge in [0, 0.05) is 24.2 Å². The Morgan fingerprint density at radius 2 is 2.26 bits per heavy atom. The van der Waals surface area contributed by atoms with Gasteiger partial charge >= 0.3 is 0 Å². The Labute approximate surface area is 121 Å². The van der Waals surface area contributed by atoms with Gasteiger partial charge in [-0.15, -0.1) is 0 Å². The number of benzene rings is 1. The fourth-order valence-corrected chi connectivity index (χ4v) is 2.31. The van der Waals surface area contributed by atoms with Crippen LogP contribution < -0.4 is 4.74 Å². The topological polar surface area (TPSA) is 49.8 Å². The lowest BCUT2D eigenvalue weighted by atomic mass is 10.1. The summed E-state index contributed by atoms with van der Waals surface area (Å²) in [5.74, 6) is 0.210. The SMILES string of the molecule is CC1(O)CCN(C(=O)COc2cc(Cl)ccc2Cl)C1. The van der Waals surface area contributed by atoms with Gasteiger partial charge in [0.2, 0.25) is 0 Å². The minimum Gasteiger partial charge on any atom is -0.482 e. The molecule has 1 N–H and O–H groups in total. The van der Waals surface area contributed by atoms with Gasteiger partial charge in [0.05, 0.1) is 10.6 Å². The molecule has 1 amide bonds. The second-order valence-electron chi connectivity index (χ2n) is 4.93. The monoisotopic (exact) mass is 303 g/mol. The van der Waals surface area contributed by atoms with Gasteiger partial charge in [-0.3, -0.25) is 4.79 Å². The fourth-order valence-electron chi connectivity index (χ4n) is 1.98. The number of halogens is 2. The normalized spacial score (nSPS) is 22.6. The van der Waals surface area contributed by atoms with E-state index in [9.17, 15) is 9.90 Å². The van der Waals surface area contributed by atoms with E-state index >= 15 is 0 Å². The highest BCUT2D eigenvalue weighted by Gasteiger charge is 2.33. The first-order valence-corrected chi connectivity index (χ1v) is 6.71. The summed E-state index contributed by atoms with van der Waals surface area (Å²) in [4.78, 5) is 13.5. The molecule has 1 aromatic rings. The zero-order valence-corrected chi connectivity index (χ0v) is 12.0. The number of hydrogen-bond donors (Lipinski definition) is 1. The minimum absolute atomic E-state index is 0.115. The quantitative estimate of drug-likeness (QED) is 0.932. The Kier molecular flexibility index (Phi) is 4.23. The first-order valence-electron chi connectivity index (χ1n) is 5.95. The lowest BCUT2D eigenvalue weighted by Gasteiger charge is -2.19. The van der Waals surface area contributed by atoms with E-state index in [1.165, 1.54) is 0 Å². The summed E-state index contributed by atoms with van der Waals surface area (Å²) in [7, 11) is 0. The van der Waals surface area contributed by atoms with Crippen LogP contribution in [-0.4, -0.2) is 41.2 Å². The maximum atomic E-state index is 11.9. The van der Waals surface area contributed by atoms with E-state index in [1.807, 2.05) is 0 Å². The molecule has 0 aromatic heterocycles. The lowest BCUT2D eigenvalue weighted by molar-refractivity contribution is -0.133. The number of nitrogens with zero attached hydrogens (tertiary/aromatic N) is 1. The van der Waals surface area contributed by atoms with Crippen molar-refractivity contribution in [2.24, 2.45) is 0 Å². The molecule has 104 valence electrons. The Morgan fingerprint density at radius 1 is 1.53 bits per heavy atom. The van der Waals surface area contributed by atoms with Crippen LogP contribution in [0.5, 0.6) is 5.75 Å². The molecule has 19 heavy (non-hydrogen) atoms. The molecule has 2 rings (SSSR count). The summed E-state index contributed by atoms with van der Waals surface area (Å²) in [6.07, 6.45) is 0.580. The van der Waals surface area contributed by atoms with E-state index in [-0.39, 0.29) is 12.5 Å². The number of carbonyl (C=O) groups excluding carboxylic acids is 1. The third kappa shape index (κ3) is 3.75. The zero-order valence-electron chi connectivity index (χ0n) is 10.5. The van der Waals surface area contributed by atoms with Gasteiger partial charge < -0.3 is 14.7 Å². The van der Waals surface area contributed by atoms with Crippen LogP contribution >= 0.6 is 23.2 Å². The Balaban J connectivity index is 1.92. The molecule has 1 saturated heterocycles. The molecule has 1 aromatic carbocycles. The molecule has 1 atom stereocenters. The number of aliphatic hydroxyl groups is 1. The summed E-state index contributed by atoms with van der Waals surface area (Å²) in [5.41, 5.74) is -0.802. The third-order valence-corrected chi connectivity index (χ3v) is 3.60. The summed E-state index contributed by atoms with van der Waals surface area (Å²) < 4.78 is 5.37. The van der Waals surface area contributed by atoms with Crippen LogP contribution in [0.1, 0.15) is 13.3 Å². The first-order chi connectivity index (χ1) is 8.87. The predicted octanol–water partition coefficient (Wildman–Crippen LogP) is 2.36. The van der Waals surface area contributed by atoms with Crippen molar-refractivity contribution in [1.82, 2.24) is 4.90 Å². The summed E-state index contributed by atoms with van der Waals surface area (Å²) in [6.45, 7) is 2.47. The van der Waals surface area contributed by atoms with Crippen LogP contribution in [0.25, 0.3) is 0 Å². The van der Waals surface area contributed by atoms with Crippen LogP contribution in [0.4, 0.5) is 0 Å². The van der Waals surface area contributed by atoms with Crippen molar-refractivity contribution in [3.8, 4) is 5.75 Å². The van der Waals surface area contributed by atoms with Crippen molar-refractivity contribution in [2.75, 3.05) is 19.7 Å². The summed E-state index contributed by atoms with van der Waals surface area (Å²) in [6, 6.07) is 4.83. The van der Waals surface area contributed by atoms with Gasteiger partial charge in [0.25, 0.3) is 5.91 Å². The van der Waals surface area contributed by atoms with Crippen molar-refractivity contribution < 1.29 is 14.6 Å². The van der Waals surface area contributed by atoms with Crippen molar-refractivity contribution in [1.29, 1.82) is 0 Å². The van der Waals surface area contributed by atoms with E-state index in [0.29, 0.717) is 35.3 Å². The first kappa shape index (κ1) is 14.4. The predicted molar refractivity (Wildman–Crippen MR) is 73.8 cm³/mol. The van der Waals surface area contributed by atoms with Gasteiger partial charge in [-0.1, -0.05) is 23.2 Å². The van der Waals surface area contributed by atoms with Gasteiger partial charge in [0.1, 0.15) is 5.75 Å². The molecule has 0 radical (unpaired) electrons. The van der Waals surface area contributed by atoms with Crippen LogP contribution in [-0.2, 0) is 4.79 Å². The molecule has 1 aliphatic rings. The Bertz CT molecular complexity index is 491. The highest BCUT2D eigenvalue weighted by atomic mass is 35.5. The van der Waals surface area contributed by atoms with Gasteiger partial charge in [0.15, 0.2) is 6.61 Å². The number of rotatable bonds is 3. The number of amides is 1. The van der Waals surface area contributed by atoms with Crippen LogP contribution in [0.15, 0.2) is 18.2 Å². The van der Waals surface area contributed by atoms with E-state index < -0.39 is 5.60 Å². The van der Waals surface area contributed by atoms with Crippen LogP contribution in [0.3, 0.4) is 0 Å². The van der Waals surface area contributed by atoms with Gasteiger partial charge in [-0.2, -0.15) is 0 Å². The molecule has 1 heterocycles. The van der Waals surface area contributed by atoms with Crippen molar-refractivity contribution in [3.05, 3.63) is 28.2 Å². The molecule has 0 saturated carbocycles. The average Bonchev–Trinajstić information content (AvgIpc) is 2.70. The second-order valence-corrected chi connectivity index (χ2v) is 5.77. The third-order valence-electron chi connectivity index (χ3n) is 3.05. The Hall–Kier alpha value is -0.970. The van der Waals surface area contributed by atoms with E-state index in [4.69, 9.17) is 27.9 Å². The smallest absolute Gasteiger partial charge is 0.260 e. The van der Waals surface area contributed by atoms with Crippen LogP contribution in [0, 0.1) is 0 Å². The standard InChI is InChI=1S/C13H15Cl2NO3/c1-13(18)4-5-16(8-13)12(17)7-19-11-6-9(14)2-3-10(11)15/h2-3,6,18H,4-5,7-8H2,1H3. The van der Waals surface area contributed by atoms with Crippen LogP contribution in [0.2, 0.25) is 10.0 Å². The number of ether oxygens (including phenoxy) is 1. The molecular weight excluding hydrogens is 289 g/mol. The number of hydrogen-bond acceptors (Lipinski definition) is 3. The maximum absolute atomic E-state index is 11.9.